The molecule has 1 aliphatic rings. The Hall–Kier alpha value is -0.610. The highest BCUT2D eigenvalue weighted by Crippen LogP contribution is 2.25. The van der Waals surface area contributed by atoms with E-state index >= 15 is 0 Å². The first-order valence-electron chi connectivity index (χ1n) is 5.74. The summed E-state index contributed by atoms with van der Waals surface area (Å²) in [5.41, 5.74) is 5.72. The SMILES string of the molecule is CNC(=O)[C@@H](N)[C@@H](C)OCC1CCCC1. The maximum atomic E-state index is 11.2. The number of nitrogens with one attached hydrogen (secondary N) is 1. The molecule has 1 amide bonds. The van der Waals surface area contributed by atoms with Crippen molar-refractivity contribution in [3.05, 3.63) is 0 Å². The second kappa shape index (κ2) is 6.08. The molecule has 0 bridgehead atoms. The maximum absolute atomic E-state index is 11.2. The molecule has 3 N–H and O–H groups in total. The summed E-state index contributed by atoms with van der Waals surface area (Å²) in [6.07, 6.45) is 4.92. The van der Waals surface area contributed by atoms with Crippen LogP contribution in [0.15, 0.2) is 0 Å². The highest BCUT2D eigenvalue weighted by Gasteiger charge is 2.22. The molecule has 2 atom stereocenters. The van der Waals surface area contributed by atoms with Gasteiger partial charge in [-0.1, -0.05) is 12.8 Å². The fourth-order valence-electron chi connectivity index (χ4n) is 1.95. The summed E-state index contributed by atoms with van der Waals surface area (Å²) in [5.74, 6) is 0.512. The number of nitrogens with two attached hydrogens (primary N) is 1. The molecule has 0 aliphatic heterocycles. The van der Waals surface area contributed by atoms with Gasteiger partial charge in [0.2, 0.25) is 5.91 Å². The van der Waals surface area contributed by atoms with Crippen LogP contribution in [0.5, 0.6) is 0 Å². The molecule has 4 heteroatoms. The van der Waals surface area contributed by atoms with Crippen molar-refractivity contribution >= 4 is 5.91 Å². The van der Waals surface area contributed by atoms with Gasteiger partial charge in [-0.3, -0.25) is 4.79 Å². The third-order valence-electron chi connectivity index (χ3n) is 3.12. The normalized spacial score (nSPS) is 21.3. The smallest absolute Gasteiger partial charge is 0.239 e. The quantitative estimate of drug-likeness (QED) is 0.706. The van der Waals surface area contributed by atoms with E-state index in [-0.39, 0.29) is 12.0 Å². The lowest BCUT2D eigenvalue weighted by Gasteiger charge is -2.20. The molecule has 0 spiro atoms. The number of likely N-dealkylation sites (N-methyl/N-ethyl adjacent to an activating group) is 1. The molecule has 1 aliphatic carbocycles. The zero-order valence-electron chi connectivity index (χ0n) is 9.66. The van der Waals surface area contributed by atoms with Gasteiger partial charge < -0.3 is 15.8 Å². The predicted molar refractivity (Wildman–Crippen MR) is 59.4 cm³/mol. The molecule has 15 heavy (non-hydrogen) atoms. The molecular weight excluding hydrogens is 192 g/mol. The van der Waals surface area contributed by atoms with Gasteiger partial charge in [-0.25, -0.2) is 0 Å². The van der Waals surface area contributed by atoms with Crippen molar-refractivity contribution in [2.24, 2.45) is 11.7 Å². The number of hydrogen-bond acceptors (Lipinski definition) is 3. The number of amides is 1. The van der Waals surface area contributed by atoms with Crippen molar-refractivity contribution in [1.82, 2.24) is 5.32 Å². The van der Waals surface area contributed by atoms with E-state index in [4.69, 9.17) is 10.5 Å². The van der Waals surface area contributed by atoms with E-state index in [0.29, 0.717) is 5.92 Å². The van der Waals surface area contributed by atoms with Crippen LogP contribution in [0.4, 0.5) is 0 Å². The fraction of sp³-hybridized carbons (Fsp3) is 0.909. The number of carbonyl (C=O) groups is 1. The number of ether oxygens (including phenoxy) is 1. The fourth-order valence-corrected chi connectivity index (χ4v) is 1.95. The summed E-state index contributed by atoms with van der Waals surface area (Å²) < 4.78 is 5.62. The summed E-state index contributed by atoms with van der Waals surface area (Å²) in [5, 5.41) is 2.53. The Balaban J connectivity index is 2.22. The van der Waals surface area contributed by atoms with Gasteiger partial charge in [-0.05, 0) is 25.7 Å². The van der Waals surface area contributed by atoms with Crippen LogP contribution in [0.25, 0.3) is 0 Å². The van der Waals surface area contributed by atoms with Gasteiger partial charge in [-0.15, -0.1) is 0 Å². The van der Waals surface area contributed by atoms with Crippen LogP contribution in [0.3, 0.4) is 0 Å². The third kappa shape index (κ3) is 3.80. The summed E-state index contributed by atoms with van der Waals surface area (Å²) in [6, 6.07) is -0.559. The molecule has 1 rings (SSSR count). The first kappa shape index (κ1) is 12.5. The number of rotatable bonds is 5. The predicted octanol–water partition coefficient (Wildman–Crippen LogP) is 0.655. The second-order valence-corrected chi connectivity index (χ2v) is 4.33. The molecule has 4 nitrogen and oxygen atoms in total. The molecule has 0 aromatic rings. The molecule has 0 unspecified atom stereocenters. The topological polar surface area (TPSA) is 64.4 Å². The summed E-state index contributed by atoms with van der Waals surface area (Å²) >= 11 is 0. The molecule has 1 saturated carbocycles. The lowest BCUT2D eigenvalue weighted by molar-refractivity contribution is -0.125. The van der Waals surface area contributed by atoms with Gasteiger partial charge in [0.05, 0.1) is 6.10 Å². The largest absolute Gasteiger partial charge is 0.376 e. The van der Waals surface area contributed by atoms with Crippen LogP contribution in [0.1, 0.15) is 32.6 Å². The summed E-state index contributed by atoms with van der Waals surface area (Å²) in [6.45, 7) is 2.60. The minimum atomic E-state index is -0.559. The van der Waals surface area contributed by atoms with E-state index in [1.54, 1.807) is 7.05 Å². The molecule has 0 heterocycles. The first-order valence-corrected chi connectivity index (χ1v) is 5.74. The number of carbonyl (C=O) groups excluding carboxylic acids is 1. The Kier molecular flexibility index (Phi) is 5.05. The van der Waals surface area contributed by atoms with Crippen molar-refractivity contribution in [3.8, 4) is 0 Å². The molecule has 88 valence electrons. The average molecular weight is 214 g/mol. The molecule has 0 aromatic carbocycles. The number of hydrogen-bond donors (Lipinski definition) is 2. The molecular formula is C11H22N2O2. The van der Waals surface area contributed by atoms with Gasteiger partial charge in [0.15, 0.2) is 0 Å². The van der Waals surface area contributed by atoms with Crippen molar-refractivity contribution in [1.29, 1.82) is 0 Å². The van der Waals surface area contributed by atoms with E-state index in [9.17, 15) is 4.79 Å². The lowest BCUT2D eigenvalue weighted by atomic mass is 10.1. The van der Waals surface area contributed by atoms with E-state index in [0.717, 1.165) is 6.61 Å². The minimum Gasteiger partial charge on any atom is -0.376 e. The van der Waals surface area contributed by atoms with Gasteiger partial charge in [-0.2, -0.15) is 0 Å². The Labute approximate surface area is 91.5 Å². The third-order valence-corrected chi connectivity index (χ3v) is 3.12. The van der Waals surface area contributed by atoms with Gasteiger partial charge in [0.25, 0.3) is 0 Å². The van der Waals surface area contributed by atoms with Gasteiger partial charge >= 0.3 is 0 Å². The first-order chi connectivity index (χ1) is 7.15. The average Bonchev–Trinajstić information content (AvgIpc) is 2.76. The van der Waals surface area contributed by atoms with E-state index < -0.39 is 6.04 Å². The minimum absolute atomic E-state index is 0.158. The standard InChI is InChI=1S/C11H22N2O2/c1-8(10(12)11(14)13-2)15-7-9-5-3-4-6-9/h8-10H,3-7,12H2,1-2H3,(H,13,14)/t8-,10+/m1/s1. The van der Waals surface area contributed by atoms with Crippen molar-refractivity contribution in [2.75, 3.05) is 13.7 Å². The zero-order chi connectivity index (χ0) is 11.3. The Bertz CT molecular complexity index is 203. The van der Waals surface area contributed by atoms with Gasteiger partial charge in [0, 0.05) is 13.7 Å². The maximum Gasteiger partial charge on any atom is 0.239 e. The second-order valence-electron chi connectivity index (χ2n) is 4.33. The Morgan fingerprint density at radius 3 is 2.67 bits per heavy atom. The van der Waals surface area contributed by atoms with Crippen LogP contribution in [-0.4, -0.2) is 31.7 Å². The highest BCUT2D eigenvalue weighted by atomic mass is 16.5. The van der Waals surface area contributed by atoms with Crippen LogP contribution >= 0.6 is 0 Å². The van der Waals surface area contributed by atoms with Crippen molar-refractivity contribution in [3.63, 3.8) is 0 Å². The Morgan fingerprint density at radius 1 is 1.53 bits per heavy atom. The highest BCUT2D eigenvalue weighted by molar-refractivity contribution is 5.81. The van der Waals surface area contributed by atoms with E-state index in [2.05, 4.69) is 5.32 Å². The van der Waals surface area contributed by atoms with E-state index in [1.165, 1.54) is 25.7 Å². The molecule has 0 aromatic heterocycles. The lowest BCUT2D eigenvalue weighted by Crippen LogP contribution is -2.47. The van der Waals surface area contributed by atoms with Crippen LogP contribution in [-0.2, 0) is 9.53 Å². The van der Waals surface area contributed by atoms with Crippen molar-refractivity contribution < 1.29 is 9.53 Å². The molecule has 0 radical (unpaired) electrons. The van der Waals surface area contributed by atoms with E-state index in [1.807, 2.05) is 6.92 Å². The Morgan fingerprint density at radius 2 is 2.13 bits per heavy atom. The summed E-state index contributed by atoms with van der Waals surface area (Å²) in [7, 11) is 1.59. The monoisotopic (exact) mass is 214 g/mol. The zero-order valence-corrected chi connectivity index (χ0v) is 9.66. The van der Waals surface area contributed by atoms with Crippen LogP contribution in [0.2, 0.25) is 0 Å². The van der Waals surface area contributed by atoms with Gasteiger partial charge in [0.1, 0.15) is 6.04 Å². The summed E-state index contributed by atoms with van der Waals surface area (Å²) in [4.78, 5) is 11.2. The van der Waals surface area contributed by atoms with Crippen molar-refractivity contribution in [2.45, 2.75) is 44.8 Å². The molecule has 1 fully saturated rings. The molecule has 0 saturated heterocycles. The van der Waals surface area contributed by atoms with Crippen LogP contribution < -0.4 is 11.1 Å². The van der Waals surface area contributed by atoms with Crippen LogP contribution in [0, 0.1) is 5.92 Å².